The van der Waals surface area contributed by atoms with Gasteiger partial charge >= 0.3 is 0 Å². The van der Waals surface area contributed by atoms with Crippen molar-refractivity contribution in [3.63, 3.8) is 0 Å². The van der Waals surface area contributed by atoms with Gasteiger partial charge in [0.15, 0.2) is 4.77 Å². The average molecular weight is 362 g/mol. The van der Waals surface area contributed by atoms with E-state index in [2.05, 4.69) is 15.5 Å². The first-order valence-corrected chi connectivity index (χ1v) is 8.86. The van der Waals surface area contributed by atoms with Gasteiger partial charge in [0.1, 0.15) is 24.0 Å². The highest BCUT2D eigenvalue weighted by Crippen LogP contribution is 2.38. The zero-order valence-corrected chi connectivity index (χ0v) is 14.4. The number of ether oxygens (including phenoxy) is 1. The number of carbonyl (C=O) groups excluding carboxylic acids is 1. The van der Waals surface area contributed by atoms with E-state index >= 15 is 0 Å². The fourth-order valence-electron chi connectivity index (χ4n) is 3.17. The maximum atomic E-state index is 13.4. The number of hydrogen-bond donors (Lipinski definition) is 2. The van der Waals surface area contributed by atoms with Crippen molar-refractivity contribution in [1.82, 2.24) is 20.1 Å². The van der Waals surface area contributed by atoms with Crippen molar-refractivity contribution in [2.75, 3.05) is 13.2 Å². The third-order valence-electron chi connectivity index (χ3n) is 4.66. The summed E-state index contributed by atoms with van der Waals surface area (Å²) in [5.74, 6) is 1.41. The summed E-state index contributed by atoms with van der Waals surface area (Å²) in [6, 6.07) is 4.41. The van der Waals surface area contributed by atoms with Gasteiger partial charge < -0.3 is 14.6 Å². The van der Waals surface area contributed by atoms with Gasteiger partial charge in [-0.25, -0.2) is 4.39 Å². The Morgan fingerprint density at radius 3 is 3.12 bits per heavy atom. The highest BCUT2D eigenvalue weighted by molar-refractivity contribution is 7.71. The number of rotatable bonds is 5. The van der Waals surface area contributed by atoms with Gasteiger partial charge in [-0.1, -0.05) is 0 Å². The van der Waals surface area contributed by atoms with E-state index in [0.717, 1.165) is 24.2 Å². The van der Waals surface area contributed by atoms with Gasteiger partial charge in [-0.2, -0.15) is 5.10 Å². The minimum Gasteiger partial charge on any atom is -0.492 e. The van der Waals surface area contributed by atoms with E-state index in [1.807, 2.05) is 4.57 Å². The third kappa shape index (κ3) is 3.44. The molecule has 1 aromatic carbocycles. The molecule has 1 saturated carbocycles. The van der Waals surface area contributed by atoms with Crippen molar-refractivity contribution in [1.29, 1.82) is 0 Å². The SMILES string of the molecule is O=C(NCCn1c(C2CC2)n[nH]c1=S)C1COc2ccc(F)cc2C1. The predicted octanol–water partition coefficient (Wildman–Crippen LogP) is 2.32. The van der Waals surface area contributed by atoms with Crippen LogP contribution in [0.2, 0.25) is 0 Å². The second-order valence-corrected chi connectivity index (χ2v) is 6.95. The van der Waals surface area contributed by atoms with Crippen LogP contribution in [0.3, 0.4) is 0 Å². The zero-order valence-electron chi connectivity index (χ0n) is 13.6. The number of amides is 1. The normalized spacial score (nSPS) is 19.2. The number of aromatic amines is 1. The molecule has 1 aliphatic heterocycles. The molecule has 1 amide bonds. The summed E-state index contributed by atoms with van der Waals surface area (Å²) in [6.07, 6.45) is 2.76. The standard InChI is InChI=1S/C17H19FN4O2S/c18-13-3-4-14-11(8-13)7-12(9-24-14)16(23)19-5-6-22-15(10-1-2-10)20-21-17(22)25/h3-4,8,10,12H,1-2,5-7,9H2,(H,19,23)(H,21,25). The number of nitrogens with zero attached hydrogens (tertiary/aromatic N) is 2. The van der Waals surface area contributed by atoms with Crippen LogP contribution in [0.4, 0.5) is 4.39 Å². The lowest BCUT2D eigenvalue weighted by atomic mass is 9.96. The summed E-state index contributed by atoms with van der Waals surface area (Å²) in [5.41, 5.74) is 0.736. The third-order valence-corrected chi connectivity index (χ3v) is 4.98. The Balaban J connectivity index is 1.34. The maximum absolute atomic E-state index is 13.4. The summed E-state index contributed by atoms with van der Waals surface area (Å²) >= 11 is 5.26. The maximum Gasteiger partial charge on any atom is 0.226 e. The number of hydrogen-bond acceptors (Lipinski definition) is 4. The Hall–Kier alpha value is -2.22. The highest BCUT2D eigenvalue weighted by atomic mass is 32.1. The van der Waals surface area contributed by atoms with Crippen LogP contribution in [0.1, 0.15) is 30.1 Å². The number of H-pyrrole nitrogens is 1. The van der Waals surface area contributed by atoms with Crippen LogP contribution in [0.5, 0.6) is 5.75 Å². The van der Waals surface area contributed by atoms with E-state index in [1.165, 1.54) is 12.1 Å². The Bertz CT molecular complexity index is 859. The van der Waals surface area contributed by atoms with Gasteiger partial charge in [0.2, 0.25) is 5.91 Å². The van der Waals surface area contributed by atoms with Crippen LogP contribution in [0.15, 0.2) is 18.2 Å². The molecule has 2 N–H and O–H groups in total. The molecule has 0 radical (unpaired) electrons. The molecule has 25 heavy (non-hydrogen) atoms. The molecular formula is C17H19FN4O2S. The Kier molecular flexibility index (Phi) is 4.29. The molecule has 2 aliphatic rings. The summed E-state index contributed by atoms with van der Waals surface area (Å²) < 4.78 is 21.5. The molecular weight excluding hydrogens is 343 g/mol. The highest BCUT2D eigenvalue weighted by Gasteiger charge is 2.29. The first-order valence-electron chi connectivity index (χ1n) is 8.46. The van der Waals surface area contributed by atoms with Gasteiger partial charge in [0.05, 0.1) is 5.92 Å². The van der Waals surface area contributed by atoms with Crippen LogP contribution < -0.4 is 10.1 Å². The fraction of sp³-hybridized carbons (Fsp3) is 0.471. The summed E-state index contributed by atoms with van der Waals surface area (Å²) in [4.78, 5) is 12.4. The Labute approximate surface area is 149 Å². The number of nitrogens with one attached hydrogen (secondary N) is 2. The lowest BCUT2D eigenvalue weighted by Gasteiger charge is -2.24. The topological polar surface area (TPSA) is 71.9 Å². The van der Waals surface area contributed by atoms with Crippen molar-refractivity contribution in [3.05, 3.63) is 40.2 Å². The van der Waals surface area contributed by atoms with Crippen molar-refractivity contribution >= 4 is 18.1 Å². The smallest absolute Gasteiger partial charge is 0.226 e. The van der Waals surface area contributed by atoms with Crippen LogP contribution in [0, 0.1) is 16.5 Å². The van der Waals surface area contributed by atoms with Crippen molar-refractivity contribution in [2.45, 2.75) is 31.7 Å². The lowest BCUT2D eigenvalue weighted by molar-refractivity contribution is -0.126. The average Bonchev–Trinajstić information content (AvgIpc) is 3.38. The van der Waals surface area contributed by atoms with E-state index < -0.39 is 0 Å². The fourth-order valence-corrected chi connectivity index (χ4v) is 3.40. The number of halogens is 1. The van der Waals surface area contributed by atoms with Gasteiger partial charge in [0.25, 0.3) is 0 Å². The Morgan fingerprint density at radius 1 is 1.48 bits per heavy atom. The second-order valence-electron chi connectivity index (χ2n) is 6.57. The van der Waals surface area contributed by atoms with E-state index in [0.29, 0.717) is 42.6 Å². The molecule has 4 rings (SSSR count). The molecule has 1 unspecified atom stereocenters. The molecule has 2 heterocycles. The molecule has 1 atom stereocenters. The van der Waals surface area contributed by atoms with Gasteiger partial charge in [-0.3, -0.25) is 9.89 Å². The number of aromatic nitrogens is 3. The molecule has 2 aromatic rings. The quantitative estimate of drug-likeness (QED) is 0.801. The van der Waals surface area contributed by atoms with E-state index in [4.69, 9.17) is 17.0 Å². The van der Waals surface area contributed by atoms with Crippen molar-refractivity contribution in [3.8, 4) is 5.75 Å². The Morgan fingerprint density at radius 2 is 2.32 bits per heavy atom. The largest absolute Gasteiger partial charge is 0.492 e. The van der Waals surface area contributed by atoms with Gasteiger partial charge in [-0.15, -0.1) is 0 Å². The summed E-state index contributed by atoms with van der Waals surface area (Å²) in [7, 11) is 0. The lowest BCUT2D eigenvalue weighted by Crippen LogP contribution is -2.38. The molecule has 0 saturated heterocycles. The molecule has 0 bridgehead atoms. The summed E-state index contributed by atoms with van der Waals surface area (Å²) in [6.45, 7) is 1.37. The van der Waals surface area contributed by atoms with Crippen LogP contribution >= 0.6 is 12.2 Å². The molecule has 6 nitrogen and oxygen atoms in total. The van der Waals surface area contributed by atoms with Crippen LogP contribution in [-0.4, -0.2) is 33.8 Å². The minimum atomic E-state index is -0.314. The zero-order chi connectivity index (χ0) is 17.4. The van der Waals surface area contributed by atoms with Gasteiger partial charge in [-0.05, 0) is 55.2 Å². The minimum absolute atomic E-state index is 0.0853. The van der Waals surface area contributed by atoms with Crippen molar-refractivity contribution < 1.29 is 13.9 Å². The number of carbonyl (C=O) groups is 1. The van der Waals surface area contributed by atoms with E-state index in [-0.39, 0.29) is 17.6 Å². The summed E-state index contributed by atoms with van der Waals surface area (Å²) in [5, 5.41) is 10.0. The molecule has 1 aliphatic carbocycles. The van der Waals surface area contributed by atoms with E-state index in [9.17, 15) is 9.18 Å². The predicted molar refractivity (Wildman–Crippen MR) is 91.5 cm³/mol. The first-order chi connectivity index (χ1) is 12.1. The van der Waals surface area contributed by atoms with Crippen LogP contribution in [-0.2, 0) is 17.8 Å². The monoisotopic (exact) mass is 362 g/mol. The second kappa shape index (κ2) is 6.59. The molecule has 1 aromatic heterocycles. The van der Waals surface area contributed by atoms with Gasteiger partial charge in [0, 0.05) is 19.0 Å². The van der Waals surface area contributed by atoms with Crippen molar-refractivity contribution in [2.24, 2.45) is 5.92 Å². The molecule has 1 fully saturated rings. The number of benzene rings is 1. The molecule has 132 valence electrons. The number of fused-ring (bicyclic) bond motifs is 1. The van der Waals surface area contributed by atoms with E-state index in [1.54, 1.807) is 6.07 Å². The first kappa shape index (κ1) is 16.3. The molecule has 8 heteroatoms. The molecule has 0 spiro atoms. The van der Waals surface area contributed by atoms with Crippen LogP contribution in [0.25, 0.3) is 0 Å².